The zero-order valence-corrected chi connectivity index (χ0v) is 10.1. The van der Waals surface area contributed by atoms with E-state index in [2.05, 4.69) is 4.89 Å². The van der Waals surface area contributed by atoms with Gasteiger partial charge in [-0.05, 0) is 40.0 Å². The van der Waals surface area contributed by atoms with Gasteiger partial charge in [0.05, 0.1) is 12.5 Å². The van der Waals surface area contributed by atoms with Gasteiger partial charge in [-0.2, -0.15) is 0 Å². The van der Waals surface area contributed by atoms with Crippen LogP contribution < -0.4 is 0 Å². The normalized spacial score (nSPS) is 13.7. The first-order chi connectivity index (χ1) is 6.90. The maximum atomic E-state index is 11.7. The molecule has 0 aliphatic carbocycles. The van der Waals surface area contributed by atoms with Crippen molar-refractivity contribution in [2.24, 2.45) is 5.92 Å². The molecule has 0 saturated heterocycles. The fraction of sp³-hybridized carbons (Fsp3) is 0.909. The number of ether oxygens (including phenoxy) is 1. The summed E-state index contributed by atoms with van der Waals surface area (Å²) >= 11 is 0. The van der Waals surface area contributed by atoms with Gasteiger partial charge < -0.3 is 4.74 Å². The summed E-state index contributed by atoms with van der Waals surface area (Å²) in [5.74, 6) is -0.262. The van der Waals surface area contributed by atoms with E-state index in [0.29, 0.717) is 12.8 Å². The molecule has 0 aliphatic heterocycles. The molecular formula is C11H22O4. The molecule has 0 aromatic carbocycles. The molecule has 1 atom stereocenters. The highest BCUT2D eigenvalue weighted by atomic mass is 17.1. The van der Waals surface area contributed by atoms with Gasteiger partial charge in [0.15, 0.2) is 0 Å². The first kappa shape index (κ1) is 14.4. The summed E-state index contributed by atoms with van der Waals surface area (Å²) in [5, 5.41) is 8.16. The van der Waals surface area contributed by atoms with Gasteiger partial charge in [0.1, 0.15) is 5.60 Å². The van der Waals surface area contributed by atoms with Crippen molar-refractivity contribution >= 4 is 5.97 Å². The van der Waals surface area contributed by atoms with Crippen LogP contribution in [0.1, 0.15) is 47.0 Å². The number of esters is 1. The van der Waals surface area contributed by atoms with Crippen molar-refractivity contribution in [1.29, 1.82) is 0 Å². The molecule has 0 saturated carbocycles. The van der Waals surface area contributed by atoms with Crippen LogP contribution in [0.4, 0.5) is 0 Å². The van der Waals surface area contributed by atoms with Crippen LogP contribution in [0.2, 0.25) is 0 Å². The average molecular weight is 218 g/mol. The molecule has 0 amide bonds. The summed E-state index contributed by atoms with van der Waals surface area (Å²) in [6, 6.07) is 0. The number of hydrogen-bond acceptors (Lipinski definition) is 4. The lowest BCUT2D eigenvalue weighted by atomic mass is 10.0. The molecule has 1 unspecified atom stereocenters. The molecule has 1 N–H and O–H groups in total. The highest BCUT2D eigenvalue weighted by Crippen LogP contribution is 2.17. The molecule has 0 aromatic rings. The molecule has 0 heterocycles. The predicted octanol–water partition coefficient (Wildman–Crippen LogP) is 2.62. The van der Waals surface area contributed by atoms with Crippen LogP contribution in [0.5, 0.6) is 0 Å². The second-order valence-corrected chi connectivity index (χ2v) is 4.61. The summed E-state index contributed by atoms with van der Waals surface area (Å²) in [6.07, 6.45) is 2.10. The van der Waals surface area contributed by atoms with Crippen molar-refractivity contribution in [3.63, 3.8) is 0 Å². The molecule has 0 fully saturated rings. The minimum atomic E-state index is -0.433. The van der Waals surface area contributed by atoms with E-state index in [1.165, 1.54) is 0 Å². The van der Waals surface area contributed by atoms with Gasteiger partial charge in [-0.15, -0.1) is 0 Å². The summed E-state index contributed by atoms with van der Waals surface area (Å²) in [7, 11) is 0. The van der Waals surface area contributed by atoms with Crippen molar-refractivity contribution in [2.75, 3.05) is 6.61 Å². The second kappa shape index (κ2) is 6.80. The fourth-order valence-electron chi connectivity index (χ4n) is 1.27. The largest absolute Gasteiger partial charge is 0.460 e. The van der Waals surface area contributed by atoms with Gasteiger partial charge in [-0.25, -0.2) is 4.89 Å². The Labute approximate surface area is 91.5 Å². The number of carbonyl (C=O) groups is 1. The Morgan fingerprint density at radius 3 is 2.40 bits per heavy atom. The third kappa shape index (κ3) is 7.33. The van der Waals surface area contributed by atoms with Crippen LogP contribution in [-0.4, -0.2) is 23.4 Å². The quantitative estimate of drug-likeness (QED) is 0.322. The molecule has 0 aliphatic rings. The molecule has 15 heavy (non-hydrogen) atoms. The van der Waals surface area contributed by atoms with Gasteiger partial charge in [0.2, 0.25) is 0 Å². The molecule has 0 aromatic heterocycles. The topological polar surface area (TPSA) is 55.8 Å². The van der Waals surface area contributed by atoms with E-state index in [4.69, 9.17) is 9.99 Å². The van der Waals surface area contributed by atoms with Crippen molar-refractivity contribution < 1.29 is 19.7 Å². The summed E-state index contributed by atoms with van der Waals surface area (Å²) in [6.45, 7) is 7.78. The lowest BCUT2D eigenvalue weighted by Gasteiger charge is -2.23. The van der Waals surface area contributed by atoms with Crippen LogP contribution >= 0.6 is 0 Å². The van der Waals surface area contributed by atoms with Gasteiger partial charge in [-0.3, -0.25) is 10.1 Å². The summed E-state index contributed by atoms with van der Waals surface area (Å²) < 4.78 is 5.28. The molecule has 0 bridgehead atoms. The lowest BCUT2D eigenvalue weighted by molar-refractivity contribution is -0.243. The van der Waals surface area contributed by atoms with E-state index < -0.39 is 5.60 Å². The van der Waals surface area contributed by atoms with Crippen molar-refractivity contribution in [2.45, 2.75) is 52.6 Å². The first-order valence-corrected chi connectivity index (χ1v) is 5.40. The van der Waals surface area contributed by atoms with E-state index in [-0.39, 0.29) is 18.5 Å². The molecular weight excluding hydrogens is 196 g/mol. The minimum Gasteiger partial charge on any atom is -0.460 e. The molecule has 0 radical (unpaired) electrons. The maximum Gasteiger partial charge on any atom is 0.309 e. The Morgan fingerprint density at radius 1 is 1.40 bits per heavy atom. The van der Waals surface area contributed by atoms with Crippen LogP contribution in [0.25, 0.3) is 0 Å². The zero-order chi connectivity index (χ0) is 11.9. The Morgan fingerprint density at radius 2 is 2.00 bits per heavy atom. The number of carbonyl (C=O) groups excluding carboxylic acids is 1. The third-order valence-electron chi connectivity index (χ3n) is 2.02. The molecule has 0 rings (SSSR count). The van der Waals surface area contributed by atoms with Gasteiger partial charge >= 0.3 is 5.97 Å². The van der Waals surface area contributed by atoms with Crippen molar-refractivity contribution in [3.05, 3.63) is 0 Å². The highest BCUT2D eigenvalue weighted by Gasteiger charge is 2.23. The van der Waals surface area contributed by atoms with Gasteiger partial charge in [-0.1, -0.05) is 6.92 Å². The predicted molar refractivity (Wildman–Crippen MR) is 57.4 cm³/mol. The van der Waals surface area contributed by atoms with E-state index in [1.54, 1.807) is 0 Å². The van der Waals surface area contributed by atoms with Crippen molar-refractivity contribution in [3.8, 4) is 0 Å². The van der Waals surface area contributed by atoms with Gasteiger partial charge in [0.25, 0.3) is 0 Å². The molecule has 4 heteroatoms. The summed E-state index contributed by atoms with van der Waals surface area (Å²) in [4.78, 5) is 15.6. The Hall–Kier alpha value is -0.610. The van der Waals surface area contributed by atoms with Crippen LogP contribution in [0, 0.1) is 5.92 Å². The second-order valence-electron chi connectivity index (χ2n) is 4.61. The Balaban J connectivity index is 3.99. The standard InChI is InChI=1S/C11H22O4/c1-5-9(7-6-8-14-13)10(12)15-11(2,3)4/h9,13H,5-8H2,1-4H3. The lowest BCUT2D eigenvalue weighted by Crippen LogP contribution is -2.28. The molecule has 0 spiro atoms. The van der Waals surface area contributed by atoms with E-state index in [0.717, 1.165) is 6.42 Å². The summed E-state index contributed by atoms with van der Waals surface area (Å²) in [5.41, 5.74) is -0.433. The average Bonchev–Trinajstić information content (AvgIpc) is 2.09. The van der Waals surface area contributed by atoms with Gasteiger partial charge in [0, 0.05) is 0 Å². The monoisotopic (exact) mass is 218 g/mol. The maximum absolute atomic E-state index is 11.7. The Kier molecular flexibility index (Phi) is 6.52. The third-order valence-corrected chi connectivity index (χ3v) is 2.02. The van der Waals surface area contributed by atoms with Crippen LogP contribution in [0.3, 0.4) is 0 Å². The highest BCUT2D eigenvalue weighted by molar-refractivity contribution is 5.72. The van der Waals surface area contributed by atoms with Crippen LogP contribution in [0.15, 0.2) is 0 Å². The zero-order valence-electron chi connectivity index (χ0n) is 10.1. The SMILES string of the molecule is CCC(CCCOO)C(=O)OC(C)(C)C. The van der Waals surface area contributed by atoms with Crippen molar-refractivity contribution in [1.82, 2.24) is 0 Å². The molecule has 90 valence electrons. The smallest absolute Gasteiger partial charge is 0.309 e. The Bertz CT molecular complexity index is 184. The number of hydrogen-bond donors (Lipinski definition) is 1. The molecule has 4 nitrogen and oxygen atoms in total. The van der Waals surface area contributed by atoms with E-state index >= 15 is 0 Å². The van der Waals surface area contributed by atoms with E-state index in [9.17, 15) is 4.79 Å². The fourth-order valence-corrected chi connectivity index (χ4v) is 1.27. The number of rotatable bonds is 6. The minimum absolute atomic E-state index is 0.0978. The van der Waals surface area contributed by atoms with Crippen LogP contribution in [-0.2, 0) is 14.4 Å². The first-order valence-electron chi connectivity index (χ1n) is 5.40. The van der Waals surface area contributed by atoms with E-state index in [1.807, 2.05) is 27.7 Å².